The molecule has 0 bridgehead atoms. The van der Waals surface area contributed by atoms with Crippen molar-refractivity contribution in [3.8, 4) is 0 Å². The van der Waals surface area contributed by atoms with Gasteiger partial charge in [-0.2, -0.15) is 0 Å². The first-order valence-electron chi connectivity index (χ1n) is 10.1. The van der Waals surface area contributed by atoms with Crippen molar-refractivity contribution in [2.45, 2.75) is 69.6 Å². The van der Waals surface area contributed by atoms with Crippen LogP contribution in [0.2, 0.25) is 0 Å². The van der Waals surface area contributed by atoms with E-state index in [-0.39, 0.29) is 11.7 Å². The van der Waals surface area contributed by atoms with Crippen LogP contribution in [0, 0.1) is 6.92 Å². The Bertz CT molecular complexity index is 781. The summed E-state index contributed by atoms with van der Waals surface area (Å²) in [5.74, 6) is 2.30. The van der Waals surface area contributed by atoms with E-state index in [1.165, 1.54) is 35.9 Å². The summed E-state index contributed by atoms with van der Waals surface area (Å²) in [6, 6.07) is 2.43. The molecule has 3 rings (SSSR count). The van der Waals surface area contributed by atoms with Gasteiger partial charge < -0.3 is 14.7 Å². The average Bonchev–Trinajstić information content (AvgIpc) is 3.27. The smallest absolute Gasteiger partial charge is 0.236 e. The standard InChI is InChI=1S/C19H30N6O2S/c1-5-15(24(3)4)18-21-22-19(25(18)14-9-7-6-8-10-14)28-12-17(26)20-16-11-13(2)27-23-16/h11,14-15H,5-10,12H2,1-4H3,(H,20,23,26)/p+1/t15-/m0/s1. The zero-order valence-corrected chi connectivity index (χ0v) is 18.0. The summed E-state index contributed by atoms with van der Waals surface area (Å²) in [5, 5.41) is 16.4. The van der Waals surface area contributed by atoms with E-state index in [1.54, 1.807) is 13.0 Å². The van der Waals surface area contributed by atoms with Gasteiger partial charge in [0, 0.05) is 18.5 Å². The van der Waals surface area contributed by atoms with Gasteiger partial charge in [-0.15, -0.1) is 10.2 Å². The van der Waals surface area contributed by atoms with Gasteiger partial charge in [0.1, 0.15) is 11.8 Å². The lowest BCUT2D eigenvalue weighted by Gasteiger charge is -2.28. The van der Waals surface area contributed by atoms with Crippen LogP contribution in [0.15, 0.2) is 15.7 Å². The van der Waals surface area contributed by atoms with Crippen molar-refractivity contribution >= 4 is 23.5 Å². The van der Waals surface area contributed by atoms with Crippen LogP contribution in [0.25, 0.3) is 0 Å². The number of carbonyl (C=O) groups is 1. The Morgan fingerprint density at radius 3 is 2.71 bits per heavy atom. The molecule has 1 fully saturated rings. The molecule has 2 heterocycles. The lowest BCUT2D eigenvalue weighted by atomic mass is 9.95. The number of thioether (sulfide) groups is 1. The fraction of sp³-hybridized carbons (Fsp3) is 0.684. The number of rotatable bonds is 8. The summed E-state index contributed by atoms with van der Waals surface area (Å²) in [4.78, 5) is 13.7. The lowest BCUT2D eigenvalue weighted by molar-refractivity contribution is -0.893. The highest BCUT2D eigenvalue weighted by Gasteiger charge is 2.29. The number of amides is 1. The number of carbonyl (C=O) groups excluding carboxylic acids is 1. The van der Waals surface area contributed by atoms with Crippen LogP contribution in [0.3, 0.4) is 0 Å². The van der Waals surface area contributed by atoms with E-state index in [0.29, 0.717) is 23.7 Å². The monoisotopic (exact) mass is 407 g/mol. The molecule has 1 aliphatic carbocycles. The summed E-state index contributed by atoms with van der Waals surface area (Å²) in [7, 11) is 4.32. The predicted octanol–water partition coefficient (Wildman–Crippen LogP) is 2.41. The van der Waals surface area contributed by atoms with Crippen molar-refractivity contribution in [3.05, 3.63) is 17.7 Å². The normalized spacial score (nSPS) is 16.5. The second-order valence-corrected chi connectivity index (χ2v) is 8.64. The van der Waals surface area contributed by atoms with Crippen molar-refractivity contribution < 1.29 is 14.2 Å². The number of nitrogens with zero attached hydrogens (tertiary/aromatic N) is 4. The van der Waals surface area contributed by atoms with E-state index >= 15 is 0 Å². The molecule has 1 aliphatic rings. The molecule has 154 valence electrons. The van der Waals surface area contributed by atoms with Crippen LogP contribution in [0.1, 0.15) is 69.1 Å². The minimum Gasteiger partial charge on any atom is -0.360 e. The summed E-state index contributed by atoms with van der Waals surface area (Å²) in [6.07, 6.45) is 7.09. The third-order valence-corrected chi connectivity index (χ3v) is 6.22. The molecule has 2 aromatic heterocycles. The van der Waals surface area contributed by atoms with Crippen LogP contribution in [0.5, 0.6) is 0 Å². The topological polar surface area (TPSA) is 90.3 Å². The Kier molecular flexibility index (Phi) is 7.12. The minimum atomic E-state index is -0.122. The largest absolute Gasteiger partial charge is 0.360 e. The van der Waals surface area contributed by atoms with E-state index in [0.717, 1.165) is 30.2 Å². The Morgan fingerprint density at radius 2 is 2.11 bits per heavy atom. The number of nitrogens with one attached hydrogen (secondary N) is 2. The molecular formula is C19H31N6O2S+. The lowest BCUT2D eigenvalue weighted by Crippen LogP contribution is -3.06. The van der Waals surface area contributed by atoms with Gasteiger partial charge in [-0.05, 0) is 19.8 Å². The summed E-state index contributed by atoms with van der Waals surface area (Å²) in [6.45, 7) is 3.99. The van der Waals surface area contributed by atoms with Crippen LogP contribution < -0.4 is 10.2 Å². The SMILES string of the molecule is CC[C@@H](c1nnc(SCC(=O)Nc2cc(C)on2)n1C1CCCCC1)[NH+](C)C. The van der Waals surface area contributed by atoms with Crippen molar-refractivity contribution in [1.82, 2.24) is 19.9 Å². The van der Waals surface area contributed by atoms with Gasteiger partial charge in [0.25, 0.3) is 0 Å². The first kappa shape index (κ1) is 20.9. The highest BCUT2D eigenvalue weighted by atomic mass is 32.2. The van der Waals surface area contributed by atoms with Crippen molar-refractivity contribution in [2.75, 3.05) is 25.2 Å². The van der Waals surface area contributed by atoms with E-state index in [4.69, 9.17) is 4.52 Å². The molecule has 8 nitrogen and oxygen atoms in total. The number of hydrogen-bond acceptors (Lipinski definition) is 6. The van der Waals surface area contributed by atoms with E-state index < -0.39 is 0 Å². The molecule has 0 spiro atoms. The summed E-state index contributed by atoms with van der Waals surface area (Å²) >= 11 is 1.44. The second kappa shape index (κ2) is 9.56. The van der Waals surface area contributed by atoms with Crippen molar-refractivity contribution in [1.29, 1.82) is 0 Å². The quantitative estimate of drug-likeness (QED) is 0.653. The molecule has 28 heavy (non-hydrogen) atoms. The Hall–Kier alpha value is -1.87. The van der Waals surface area contributed by atoms with E-state index in [9.17, 15) is 4.79 Å². The summed E-state index contributed by atoms with van der Waals surface area (Å²) < 4.78 is 7.31. The van der Waals surface area contributed by atoms with Gasteiger partial charge in [-0.1, -0.05) is 43.1 Å². The molecule has 2 N–H and O–H groups in total. The van der Waals surface area contributed by atoms with Gasteiger partial charge in [-0.25, -0.2) is 0 Å². The van der Waals surface area contributed by atoms with Crippen LogP contribution in [0.4, 0.5) is 5.82 Å². The maximum atomic E-state index is 12.3. The number of aryl methyl sites for hydroxylation is 1. The molecule has 1 amide bonds. The zero-order valence-electron chi connectivity index (χ0n) is 17.2. The van der Waals surface area contributed by atoms with Gasteiger partial charge >= 0.3 is 0 Å². The molecule has 0 unspecified atom stereocenters. The number of anilines is 1. The number of hydrogen-bond donors (Lipinski definition) is 2. The zero-order chi connectivity index (χ0) is 20.1. The van der Waals surface area contributed by atoms with Gasteiger partial charge in [0.15, 0.2) is 16.8 Å². The van der Waals surface area contributed by atoms with Crippen LogP contribution in [-0.4, -0.2) is 45.7 Å². The van der Waals surface area contributed by atoms with Crippen LogP contribution >= 0.6 is 11.8 Å². The Balaban J connectivity index is 1.75. The van der Waals surface area contributed by atoms with Crippen molar-refractivity contribution in [2.24, 2.45) is 0 Å². The Morgan fingerprint density at radius 1 is 1.36 bits per heavy atom. The summed E-state index contributed by atoms with van der Waals surface area (Å²) in [5.41, 5.74) is 0. The van der Waals surface area contributed by atoms with Gasteiger partial charge in [-0.3, -0.25) is 9.36 Å². The first-order chi connectivity index (χ1) is 13.5. The van der Waals surface area contributed by atoms with E-state index in [2.05, 4.69) is 46.3 Å². The fourth-order valence-corrected chi connectivity index (χ4v) is 4.70. The minimum absolute atomic E-state index is 0.122. The van der Waals surface area contributed by atoms with Gasteiger partial charge in [0.05, 0.1) is 19.8 Å². The molecule has 0 radical (unpaired) electrons. The average molecular weight is 408 g/mol. The molecule has 1 saturated carbocycles. The predicted molar refractivity (Wildman–Crippen MR) is 109 cm³/mol. The van der Waals surface area contributed by atoms with Crippen molar-refractivity contribution in [3.63, 3.8) is 0 Å². The maximum absolute atomic E-state index is 12.3. The highest BCUT2D eigenvalue weighted by molar-refractivity contribution is 7.99. The van der Waals surface area contributed by atoms with Crippen LogP contribution in [-0.2, 0) is 4.79 Å². The Labute approximate surface area is 170 Å². The molecule has 0 aliphatic heterocycles. The number of aromatic nitrogens is 4. The molecular weight excluding hydrogens is 376 g/mol. The van der Waals surface area contributed by atoms with Gasteiger partial charge in [0.2, 0.25) is 5.91 Å². The highest BCUT2D eigenvalue weighted by Crippen LogP contribution is 2.34. The number of quaternary nitrogens is 1. The molecule has 0 saturated heterocycles. The molecule has 0 aromatic carbocycles. The second-order valence-electron chi connectivity index (χ2n) is 7.70. The molecule has 9 heteroatoms. The molecule has 1 atom stereocenters. The van der Waals surface area contributed by atoms with E-state index in [1.807, 2.05) is 0 Å². The molecule has 2 aromatic rings. The fourth-order valence-electron chi connectivity index (χ4n) is 3.89. The maximum Gasteiger partial charge on any atom is 0.236 e. The third kappa shape index (κ3) is 4.94. The third-order valence-electron chi connectivity index (χ3n) is 5.28. The first-order valence-corrected chi connectivity index (χ1v) is 11.1.